The first kappa shape index (κ1) is 17.1. The van der Waals surface area contributed by atoms with Crippen LogP contribution in [0.2, 0.25) is 0 Å². The normalized spacial score (nSPS) is 22.0. The Morgan fingerprint density at radius 2 is 2.00 bits per heavy atom. The van der Waals surface area contributed by atoms with Crippen molar-refractivity contribution in [2.75, 3.05) is 26.9 Å². The first-order valence-corrected chi connectivity index (χ1v) is 9.06. The van der Waals surface area contributed by atoms with E-state index < -0.39 is 0 Å². The molecule has 0 aliphatic carbocycles. The van der Waals surface area contributed by atoms with Crippen molar-refractivity contribution in [3.8, 4) is 17.2 Å². The highest BCUT2D eigenvalue weighted by Gasteiger charge is 2.27. The number of hydrogen-bond acceptors (Lipinski definition) is 6. The molecule has 0 bridgehead atoms. The summed E-state index contributed by atoms with van der Waals surface area (Å²) < 4.78 is 22.9. The van der Waals surface area contributed by atoms with Crippen LogP contribution >= 0.6 is 0 Å². The molecular weight excluding hydrogens is 332 g/mol. The van der Waals surface area contributed by atoms with Gasteiger partial charge >= 0.3 is 0 Å². The zero-order chi connectivity index (χ0) is 17.8. The van der Waals surface area contributed by atoms with Crippen molar-refractivity contribution in [1.82, 2.24) is 10.3 Å². The predicted octanol–water partition coefficient (Wildman–Crippen LogP) is 2.87. The monoisotopic (exact) mass is 356 g/mol. The van der Waals surface area contributed by atoms with E-state index >= 15 is 0 Å². The molecule has 0 radical (unpaired) electrons. The largest absolute Gasteiger partial charge is 0.493 e. The molecule has 26 heavy (non-hydrogen) atoms. The maximum absolute atomic E-state index is 6.04. The van der Waals surface area contributed by atoms with Crippen LogP contribution in [0.4, 0.5) is 0 Å². The standard InChI is InChI=1S/C20H24N2O4/c1-23-17-11-14(12-18-20(17)26-10-9-24-18)13-22-16-3-2-8-25-19(16)15-4-6-21-7-5-15/h4-7,11-12,16,19,22H,2-3,8-10,13H2,1H3/t16-,19+/m0/s1. The molecule has 4 rings (SSSR count). The summed E-state index contributed by atoms with van der Waals surface area (Å²) in [6.45, 7) is 2.62. The lowest BCUT2D eigenvalue weighted by Gasteiger charge is -2.33. The van der Waals surface area contributed by atoms with Crippen LogP contribution in [0.5, 0.6) is 17.2 Å². The van der Waals surface area contributed by atoms with Crippen molar-refractivity contribution in [3.63, 3.8) is 0 Å². The van der Waals surface area contributed by atoms with Gasteiger partial charge in [-0.3, -0.25) is 4.98 Å². The lowest BCUT2D eigenvalue weighted by molar-refractivity contribution is -0.0112. The summed E-state index contributed by atoms with van der Waals surface area (Å²) in [5, 5.41) is 3.65. The fraction of sp³-hybridized carbons (Fsp3) is 0.450. The maximum Gasteiger partial charge on any atom is 0.203 e. The second-order valence-electron chi connectivity index (χ2n) is 6.52. The molecule has 1 saturated heterocycles. The van der Waals surface area contributed by atoms with Gasteiger partial charge in [-0.15, -0.1) is 0 Å². The number of rotatable bonds is 5. The molecule has 2 aliphatic rings. The number of fused-ring (bicyclic) bond motifs is 1. The van der Waals surface area contributed by atoms with Gasteiger partial charge in [-0.1, -0.05) is 0 Å². The Labute approximate surface area is 153 Å². The first-order chi connectivity index (χ1) is 12.8. The summed E-state index contributed by atoms with van der Waals surface area (Å²) in [7, 11) is 1.65. The van der Waals surface area contributed by atoms with Crippen LogP contribution < -0.4 is 19.5 Å². The van der Waals surface area contributed by atoms with Gasteiger partial charge < -0.3 is 24.3 Å². The van der Waals surface area contributed by atoms with E-state index in [1.807, 2.05) is 36.7 Å². The highest BCUT2D eigenvalue weighted by Crippen LogP contribution is 2.40. The predicted molar refractivity (Wildman–Crippen MR) is 96.8 cm³/mol. The molecule has 1 aromatic heterocycles. The van der Waals surface area contributed by atoms with Gasteiger partial charge in [-0.2, -0.15) is 0 Å². The average Bonchev–Trinajstić information content (AvgIpc) is 2.72. The van der Waals surface area contributed by atoms with Crippen LogP contribution in [0.1, 0.15) is 30.1 Å². The van der Waals surface area contributed by atoms with Crippen molar-refractivity contribution >= 4 is 0 Å². The van der Waals surface area contributed by atoms with Crippen LogP contribution in [0, 0.1) is 0 Å². The van der Waals surface area contributed by atoms with Crippen LogP contribution in [0.3, 0.4) is 0 Å². The first-order valence-electron chi connectivity index (χ1n) is 9.06. The number of methoxy groups -OCH3 is 1. The molecular formula is C20H24N2O4. The minimum Gasteiger partial charge on any atom is -0.493 e. The quantitative estimate of drug-likeness (QED) is 0.889. The summed E-state index contributed by atoms with van der Waals surface area (Å²) in [4.78, 5) is 4.10. The van der Waals surface area contributed by atoms with Crippen molar-refractivity contribution in [2.45, 2.75) is 31.5 Å². The molecule has 3 heterocycles. The van der Waals surface area contributed by atoms with Crippen molar-refractivity contribution in [3.05, 3.63) is 47.8 Å². The molecule has 0 unspecified atom stereocenters. The van der Waals surface area contributed by atoms with Gasteiger partial charge in [-0.25, -0.2) is 0 Å². The summed E-state index contributed by atoms with van der Waals surface area (Å²) in [5.41, 5.74) is 2.27. The van der Waals surface area contributed by atoms with Crippen molar-refractivity contribution in [1.29, 1.82) is 0 Å². The van der Waals surface area contributed by atoms with Gasteiger partial charge in [0.05, 0.1) is 13.2 Å². The summed E-state index contributed by atoms with van der Waals surface area (Å²) in [6, 6.07) is 8.33. The third-order valence-electron chi connectivity index (χ3n) is 4.81. The molecule has 138 valence electrons. The van der Waals surface area contributed by atoms with E-state index in [0.29, 0.717) is 31.3 Å². The third-order valence-corrected chi connectivity index (χ3v) is 4.81. The molecule has 2 aromatic rings. The molecule has 1 fully saturated rings. The summed E-state index contributed by atoms with van der Waals surface area (Å²) >= 11 is 0. The summed E-state index contributed by atoms with van der Waals surface area (Å²) in [5.74, 6) is 2.15. The van der Waals surface area contributed by atoms with Gasteiger partial charge in [0.25, 0.3) is 0 Å². The van der Waals surface area contributed by atoms with Crippen molar-refractivity contribution < 1.29 is 18.9 Å². The number of hydrogen-bond donors (Lipinski definition) is 1. The van der Waals surface area contributed by atoms with E-state index in [9.17, 15) is 0 Å². The second-order valence-corrected chi connectivity index (χ2v) is 6.52. The van der Waals surface area contributed by atoms with E-state index in [2.05, 4.69) is 10.3 Å². The number of ether oxygens (including phenoxy) is 4. The van der Waals surface area contributed by atoms with Crippen LogP contribution in [0.25, 0.3) is 0 Å². The van der Waals surface area contributed by atoms with E-state index in [0.717, 1.165) is 36.3 Å². The lowest BCUT2D eigenvalue weighted by Crippen LogP contribution is -2.39. The number of nitrogens with zero attached hydrogens (tertiary/aromatic N) is 1. The Hall–Kier alpha value is -2.31. The highest BCUT2D eigenvalue weighted by atomic mass is 16.6. The second kappa shape index (κ2) is 7.93. The van der Waals surface area contributed by atoms with E-state index in [-0.39, 0.29) is 12.1 Å². The highest BCUT2D eigenvalue weighted by molar-refractivity contribution is 5.54. The minimum absolute atomic E-state index is 0.0471. The Morgan fingerprint density at radius 3 is 2.85 bits per heavy atom. The zero-order valence-corrected chi connectivity index (χ0v) is 14.9. The minimum atomic E-state index is 0.0471. The number of benzene rings is 1. The van der Waals surface area contributed by atoms with E-state index in [4.69, 9.17) is 18.9 Å². The van der Waals surface area contributed by atoms with Crippen LogP contribution in [-0.2, 0) is 11.3 Å². The molecule has 0 amide bonds. The lowest BCUT2D eigenvalue weighted by atomic mass is 9.96. The fourth-order valence-corrected chi connectivity index (χ4v) is 3.55. The van der Waals surface area contributed by atoms with E-state index in [1.54, 1.807) is 7.11 Å². The number of nitrogens with one attached hydrogen (secondary N) is 1. The Morgan fingerprint density at radius 1 is 1.15 bits per heavy atom. The molecule has 2 atom stereocenters. The number of pyridine rings is 1. The molecule has 1 N–H and O–H groups in total. The smallest absolute Gasteiger partial charge is 0.203 e. The molecule has 2 aliphatic heterocycles. The Bertz CT molecular complexity index is 721. The molecule has 0 spiro atoms. The number of aromatic nitrogens is 1. The SMILES string of the molecule is COc1cc(CN[C@H]2CCCO[C@@H]2c2ccncc2)cc2c1OCCO2. The Kier molecular flexibility index (Phi) is 5.22. The third kappa shape index (κ3) is 3.61. The molecule has 6 nitrogen and oxygen atoms in total. The van der Waals surface area contributed by atoms with Gasteiger partial charge in [0.15, 0.2) is 11.5 Å². The fourth-order valence-electron chi connectivity index (χ4n) is 3.55. The Balaban J connectivity index is 1.49. The van der Waals surface area contributed by atoms with Gasteiger partial charge in [0.1, 0.15) is 13.2 Å². The van der Waals surface area contributed by atoms with Crippen LogP contribution in [-0.4, -0.2) is 38.0 Å². The summed E-state index contributed by atoms with van der Waals surface area (Å²) in [6.07, 6.45) is 5.82. The van der Waals surface area contributed by atoms with Crippen molar-refractivity contribution in [2.24, 2.45) is 0 Å². The maximum atomic E-state index is 6.04. The van der Waals surface area contributed by atoms with Gasteiger partial charge in [0, 0.05) is 31.6 Å². The van der Waals surface area contributed by atoms with E-state index in [1.165, 1.54) is 0 Å². The average molecular weight is 356 g/mol. The van der Waals surface area contributed by atoms with Gasteiger partial charge in [-0.05, 0) is 48.2 Å². The molecule has 6 heteroatoms. The topological polar surface area (TPSA) is 61.8 Å². The van der Waals surface area contributed by atoms with Gasteiger partial charge in [0.2, 0.25) is 5.75 Å². The zero-order valence-electron chi connectivity index (χ0n) is 14.9. The molecule has 1 aromatic carbocycles. The van der Waals surface area contributed by atoms with Crippen LogP contribution in [0.15, 0.2) is 36.7 Å². The molecule has 0 saturated carbocycles.